The second-order valence-corrected chi connectivity index (χ2v) is 26.1. The fourth-order valence-corrected chi connectivity index (χ4v) is 15.6. The summed E-state index contributed by atoms with van der Waals surface area (Å²) in [6.07, 6.45) is 0. The van der Waals surface area contributed by atoms with Crippen molar-refractivity contribution in [2.75, 3.05) is 0 Å². The number of nitriles is 2. The van der Waals surface area contributed by atoms with Gasteiger partial charge in [-0.15, -0.1) is 11.3 Å². The summed E-state index contributed by atoms with van der Waals surface area (Å²) >= 11 is 1.76. The van der Waals surface area contributed by atoms with Gasteiger partial charge in [0.2, 0.25) is 0 Å². The maximum absolute atomic E-state index is 13.0. The van der Waals surface area contributed by atoms with Crippen LogP contribution >= 0.6 is 11.3 Å². The second kappa shape index (κ2) is 17.3. The summed E-state index contributed by atoms with van der Waals surface area (Å²) in [7, 11) is 0. The van der Waals surface area contributed by atoms with E-state index in [0.717, 1.165) is 130 Å². The first kappa shape index (κ1) is 49.2. The Hall–Kier alpha value is -10.4. The van der Waals surface area contributed by atoms with Gasteiger partial charge in [-0.25, -0.2) is 0 Å². The fourth-order valence-electron chi connectivity index (χ4n) is 14.4. The van der Waals surface area contributed by atoms with Crippen molar-refractivity contribution in [1.29, 1.82) is 10.5 Å². The van der Waals surface area contributed by atoms with Crippen LogP contribution in [-0.2, 0) is 10.8 Å². The molecule has 0 saturated carbocycles. The Morgan fingerprint density at radius 2 is 0.871 bits per heavy atom. The van der Waals surface area contributed by atoms with Crippen LogP contribution in [0.25, 0.3) is 152 Å². The highest BCUT2D eigenvalue weighted by Crippen LogP contribution is 2.53. The molecular weight excluding hydrogens is 1060 g/mol. The zero-order valence-corrected chi connectivity index (χ0v) is 48.9. The van der Waals surface area contributed by atoms with E-state index in [4.69, 9.17) is 4.42 Å². The average molecular weight is 1110 g/mol. The number of para-hydroxylation sites is 5. The molecule has 0 aliphatic heterocycles. The molecule has 0 unspecified atom stereocenters. The topological polar surface area (TPSA) is 80.4 Å². The van der Waals surface area contributed by atoms with Gasteiger partial charge < -0.3 is 22.7 Å². The second-order valence-electron chi connectivity index (χ2n) is 25.1. The average Bonchev–Trinajstić information content (AvgIpc) is 1.65. The summed E-state index contributed by atoms with van der Waals surface area (Å²) in [6.45, 7) is 15.8. The summed E-state index contributed by atoms with van der Waals surface area (Å²) in [4.78, 5) is 0. The van der Waals surface area contributed by atoms with Crippen LogP contribution in [0.1, 0.15) is 69.4 Å². The summed E-state index contributed by atoms with van der Waals surface area (Å²) in [5.74, 6) is 0. The summed E-state index contributed by atoms with van der Waals surface area (Å²) in [5.41, 5.74) is 15.0. The lowest BCUT2D eigenvalue weighted by Gasteiger charge is -2.27. The van der Waals surface area contributed by atoms with Gasteiger partial charge in [0.15, 0.2) is 5.58 Å². The minimum absolute atomic E-state index is 0.203. The molecule has 0 saturated heterocycles. The molecule has 0 aliphatic rings. The van der Waals surface area contributed by atoms with Gasteiger partial charge in [0.25, 0.3) is 0 Å². The lowest BCUT2D eigenvalue weighted by Crippen LogP contribution is -2.17. The van der Waals surface area contributed by atoms with Crippen molar-refractivity contribution in [2.45, 2.75) is 59.3 Å². The Balaban J connectivity index is 1.22. The SMILES string of the molecule is Cc1ccc2c(c1)c1ccc3c4ccccc4sc3c1n2-c1c(C#N)c(-n2c3ccccc3c3ccccc32)c(-n2c3ccc(C(C)(C)C)cc3c3cc(C(C)(C)C)c4c5ccccc5oc4c32)c(-n2c3ccccc3c3ccccc32)c1C#N. The first-order valence-electron chi connectivity index (χ1n) is 29.1. The van der Waals surface area contributed by atoms with Crippen LogP contribution in [0, 0.1) is 29.6 Å². The van der Waals surface area contributed by atoms with E-state index in [1.807, 2.05) is 6.07 Å². The van der Waals surface area contributed by atoms with Crippen molar-refractivity contribution in [2.24, 2.45) is 0 Å². The van der Waals surface area contributed by atoms with Crippen LogP contribution in [0.4, 0.5) is 0 Å². The van der Waals surface area contributed by atoms with E-state index in [9.17, 15) is 10.5 Å². The van der Waals surface area contributed by atoms with Crippen LogP contribution in [0.5, 0.6) is 0 Å². The number of rotatable bonds is 4. The molecule has 7 nitrogen and oxygen atoms in total. The Morgan fingerprint density at radius 1 is 0.388 bits per heavy atom. The summed E-state index contributed by atoms with van der Waals surface area (Å²) in [5, 5.41) is 38.7. The van der Waals surface area contributed by atoms with Crippen molar-refractivity contribution in [3.8, 4) is 34.9 Å². The number of thiophene rings is 1. The van der Waals surface area contributed by atoms with Crippen molar-refractivity contribution in [3.63, 3.8) is 0 Å². The monoisotopic (exact) mass is 1110 g/mol. The number of nitrogens with zero attached hydrogens (tertiary/aromatic N) is 6. The first-order chi connectivity index (χ1) is 41.3. The van der Waals surface area contributed by atoms with E-state index < -0.39 is 0 Å². The van der Waals surface area contributed by atoms with Crippen molar-refractivity contribution < 1.29 is 4.42 Å². The molecule has 0 spiro atoms. The molecule has 0 aliphatic carbocycles. The lowest BCUT2D eigenvalue weighted by atomic mass is 9.82. The molecule has 0 amide bonds. The van der Waals surface area contributed by atoms with Gasteiger partial charge in [0, 0.05) is 69.3 Å². The molecule has 0 N–H and O–H groups in total. The molecule has 0 radical (unpaired) electrons. The van der Waals surface area contributed by atoms with E-state index >= 15 is 0 Å². The standard InChI is InChI=1S/C77H54N6OS/c1-43-32-36-63-53(38-43)50-34-35-51-49-24-13-19-31-66(49)85-75(51)72(50)82(63)68-56(41-78)69(80-59-26-14-8-20-45(59)46-21-9-15-27-60(46)80)73(70(57(68)42-79)81-61-28-16-10-22-47(61)48-23-11-17-29-62(48)81)83-64-37-33-44(76(2,3)4)39-54(64)55-40-58(77(5,6)7)67-52-25-12-18-30-65(52)84-74(67)71(55)83/h8-40H,1-7H3. The van der Waals surface area contributed by atoms with Crippen LogP contribution in [0.2, 0.25) is 0 Å². The normalized spacial score (nSPS) is 12.6. The smallest absolute Gasteiger partial charge is 0.160 e. The third-order valence-corrected chi connectivity index (χ3v) is 19.3. The summed E-state index contributed by atoms with van der Waals surface area (Å²) < 4.78 is 19.0. The van der Waals surface area contributed by atoms with Crippen LogP contribution < -0.4 is 0 Å². The first-order valence-corrected chi connectivity index (χ1v) is 29.9. The number of fused-ring (bicyclic) bond motifs is 20. The van der Waals surface area contributed by atoms with Crippen LogP contribution in [0.3, 0.4) is 0 Å². The van der Waals surface area contributed by atoms with Crippen LogP contribution in [-0.4, -0.2) is 18.3 Å². The van der Waals surface area contributed by atoms with Crippen molar-refractivity contribution in [1.82, 2.24) is 18.3 Å². The molecule has 11 aromatic carbocycles. The highest BCUT2D eigenvalue weighted by atomic mass is 32.1. The zero-order chi connectivity index (χ0) is 57.5. The Kier molecular flexibility index (Phi) is 10.0. The van der Waals surface area contributed by atoms with Gasteiger partial charge in [-0.3, -0.25) is 0 Å². The van der Waals surface area contributed by atoms with Gasteiger partial charge in [-0.05, 0) is 95.6 Å². The lowest BCUT2D eigenvalue weighted by molar-refractivity contribution is 0.591. The quantitative estimate of drug-likeness (QED) is 0.176. The third-order valence-electron chi connectivity index (χ3n) is 18.2. The number of aromatic nitrogens is 4. The molecule has 0 atom stereocenters. The van der Waals surface area contributed by atoms with Crippen LogP contribution in [0.15, 0.2) is 205 Å². The Labute approximate surface area is 493 Å². The maximum atomic E-state index is 13.0. The van der Waals surface area contributed by atoms with E-state index in [2.05, 4.69) is 273 Å². The molecule has 6 aromatic heterocycles. The molecular formula is C77H54N6OS. The van der Waals surface area contributed by atoms with Crippen molar-refractivity contribution in [3.05, 3.63) is 228 Å². The third kappa shape index (κ3) is 6.63. The molecule has 0 bridgehead atoms. The number of hydrogen-bond acceptors (Lipinski definition) is 4. The Bertz CT molecular complexity index is 5660. The molecule has 0 fully saturated rings. The van der Waals surface area contributed by atoms with Crippen molar-refractivity contribution >= 4 is 141 Å². The highest BCUT2D eigenvalue weighted by Gasteiger charge is 2.37. The minimum atomic E-state index is -0.304. The number of benzene rings is 11. The molecule has 8 heteroatoms. The predicted octanol–water partition coefficient (Wildman–Crippen LogP) is 21.0. The molecule has 6 heterocycles. The van der Waals surface area contributed by atoms with E-state index in [1.165, 1.54) is 15.8 Å². The number of aryl methyl sites for hydroxylation is 1. The predicted molar refractivity (Wildman–Crippen MR) is 356 cm³/mol. The minimum Gasteiger partial charge on any atom is -0.454 e. The largest absolute Gasteiger partial charge is 0.454 e. The number of hydrogen-bond donors (Lipinski definition) is 0. The molecule has 404 valence electrons. The maximum Gasteiger partial charge on any atom is 0.160 e. The fraction of sp³-hybridized carbons (Fsp3) is 0.117. The molecule has 17 rings (SSSR count). The van der Waals surface area contributed by atoms with Gasteiger partial charge >= 0.3 is 0 Å². The van der Waals surface area contributed by atoms with E-state index in [0.29, 0.717) is 33.9 Å². The number of furan rings is 1. The van der Waals surface area contributed by atoms with Gasteiger partial charge in [0.1, 0.15) is 28.8 Å². The van der Waals surface area contributed by atoms with E-state index in [-0.39, 0.29) is 10.8 Å². The van der Waals surface area contributed by atoms with E-state index in [1.54, 1.807) is 11.3 Å². The molecule has 85 heavy (non-hydrogen) atoms. The van der Waals surface area contributed by atoms with Gasteiger partial charge in [-0.1, -0.05) is 181 Å². The zero-order valence-electron chi connectivity index (χ0n) is 48.1. The molecule has 17 aromatic rings. The van der Waals surface area contributed by atoms with Gasteiger partial charge in [-0.2, -0.15) is 10.5 Å². The summed E-state index contributed by atoms with van der Waals surface area (Å²) in [6, 6.07) is 77.6. The highest BCUT2D eigenvalue weighted by molar-refractivity contribution is 7.26. The van der Waals surface area contributed by atoms with Gasteiger partial charge in [0.05, 0.1) is 71.6 Å². The Morgan fingerprint density at radius 3 is 1.44 bits per heavy atom.